The van der Waals surface area contributed by atoms with Gasteiger partial charge in [0.25, 0.3) is 0 Å². The van der Waals surface area contributed by atoms with Gasteiger partial charge in [0.1, 0.15) is 6.61 Å². The first-order valence-electron chi connectivity index (χ1n) is 6.01. The molecule has 0 heterocycles. The van der Waals surface area contributed by atoms with Gasteiger partial charge in [-0.2, -0.15) is 5.10 Å². The van der Waals surface area contributed by atoms with Crippen molar-refractivity contribution in [2.24, 2.45) is 10.9 Å². The van der Waals surface area contributed by atoms with E-state index in [1.54, 1.807) is 13.3 Å². The molecule has 0 atom stereocenters. The van der Waals surface area contributed by atoms with Crippen molar-refractivity contribution in [2.45, 2.75) is 6.61 Å². The van der Waals surface area contributed by atoms with Gasteiger partial charge in [0.15, 0.2) is 11.5 Å². The molecule has 0 saturated carbocycles. The van der Waals surface area contributed by atoms with Crippen molar-refractivity contribution in [3.8, 4) is 11.5 Å². The van der Waals surface area contributed by atoms with Crippen LogP contribution in [0.5, 0.6) is 11.5 Å². The van der Waals surface area contributed by atoms with E-state index >= 15 is 0 Å². The summed E-state index contributed by atoms with van der Waals surface area (Å²) in [6.07, 6.45) is 1.55. The lowest BCUT2D eigenvalue weighted by Gasteiger charge is -2.11. The van der Waals surface area contributed by atoms with Crippen molar-refractivity contribution in [2.75, 3.05) is 7.11 Å². The summed E-state index contributed by atoms with van der Waals surface area (Å²) in [6, 6.07) is 13.0. The molecule has 0 aliphatic heterocycles. The minimum Gasteiger partial charge on any atom is -0.493 e. The highest BCUT2D eigenvalue weighted by molar-refractivity contribution is 6.30. The minimum atomic E-state index is 0.403. The maximum Gasteiger partial charge on any atom is 0.162 e. The standard InChI is InChI=1S/C15H15ClN2O2/c1-19-14-6-5-11(9-18-17)8-15(14)20-10-12-3-2-4-13(16)7-12/h2-9H,10,17H2,1H3. The highest BCUT2D eigenvalue weighted by Crippen LogP contribution is 2.28. The van der Waals surface area contributed by atoms with Crippen LogP contribution < -0.4 is 15.3 Å². The Bertz CT molecular complexity index is 615. The van der Waals surface area contributed by atoms with Crippen LogP contribution in [0.4, 0.5) is 0 Å². The summed E-state index contributed by atoms with van der Waals surface area (Å²) in [7, 11) is 1.60. The summed E-state index contributed by atoms with van der Waals surface area (Å²) in [5.74, 6) is 6.43. The molecule has 2 aromatic rings. The zero-order valence-corrected chi connectivity index (χ0v) is 11.8. The van der Waals surface area contributed by atoms with Crippen LogP contribution in [0, 0.1) is 0 Å². The summed E-state index contributed by atoms with van der Waals surface area (Å²) in [6.45, 7) is 0.403. The maximum atomic E-state index is 5.94. The predicted molar refractivity (Wildman–Crippen MR) is 80.6 cm³/mol. The molecule has 0 aromatic heterocycles. The van der Waals surface area contributed by atoms with Crippen molar-refractivity contribution in [1.29, 1.82) is 0 Å². The van der Waals surface area contributed by atoms with Gasteiger partial charge in [-0.1, -0.05) is 23.7 Å². The van der Waals surface area contributed by atoms with E-state index in [1.165, 1.54) is 0 Å². The fraction of sp³-hybridized carbons (Fsp3) is 0.133. The largest absolute Gasteiger partial charge is 0.493 e. The summed E-state index contributed by atoms with van der Waals surface area (Å²) < 4.78 is 11.0. The molecule has 0 bridgehead atoms. The lowest BCUT2D eigenvalue weighted by molar-refractivity contribution is 0.284. The SMILES string of the molecule is COc1ccc(C=NN)cc1OCc1cccc(Cl)c1. The molecule has 0 radical (unpaired) electrons. The van der Waals surface area contributed by atoms with E-state index in [0.29, 0.717) is 23.1 Å². The third kappa shape index (κ3) is 3.65. The van der Waals surface area contributed by atoms with Crippen LogP contribution in [-0.2, 0) is 6.61 Å². The molecule has 5 heteroatoms. The van der Waals surface area contributed by atoms with Gasteiger partial charge in [-0.15, -0.1) is 0 Å². The molecule has 0 fully saturated rings. The summed E-state index contributed by atoms with van der Waals surface area (Å²) >= 11 is 5.94. The Labute approximate surface area is 122 Å². The van der Waals surface area contributed by atoms with Gasteiger partial charge in [0, 0.05) is 5.02 Å². The molecular formula is C15H15ClN2O2. The Morgan fingerprint density at radius 1 is 1.20 bits per heavy atom. The van der Waals surface area contributed by atoms with Crippen molar-refractivity contribution >= 4 is 17.8 Å². The second-order valence-corrected chi connectivity index (χ2v) is 4.54. The first kappa shape index (κ1) is 14.2. The quantitative estimate of drug-likeness (QED) is 0.522. The Morgan fingerprint density at radius 2 is 2.05 bits per heavy atom. The molecule has 0 spiro atoms. The van der Waals surface area contributed by atoms with E-state index < -0.39 is 0 Å². The fourth-order valence-electron chi connectivity index (χ4n) is 1.76. The first-order valence-corrected chi connectivity index (χ1v) is 6.39. The Balaban J connectivity index is 2.17. The predicted octanol–water partition coefficient (Wildman–Crippen LogP) is 3.22. The first-order chi connectivity index (χ1) is 9.72. The Morgan fingerprint density at radius 3 is 2.75 bits per heavy atom. The summed E-state index contributed by atoms with van der Waals surface area (Å²) in [5.41, 5.74) is 1.83. The Kier molecular flexibility index (Phi) is 4.85. The molecule has 4 nitrogen and oxygen atoms in total. The van der Waals surface area contributed by atoms with Crippen LogP contribution in [0.25, 0.3) is 0 Å². The molecule has 20 heavy (non-hydrogen) atoms. The number of halogens is 1. The lowest BCUT2D eigenvalue weighted by Crippen LogP contribution is -1.99. The number of hydrogen-bond donors (Lipinski definition) is 1. The minimum absolute atomic E-state index is 0.403. The van der Waals surface area contributed by atoms with Crippen LogP contribution in [0.3, 0.4) is 0 Å². The third-order valence-corrected chi connectivity index (χ3v) is 2.93. The van der Waals surface area contributed by atoms with Crippen LogP contribution >= 0.6 is 11.6 Å². The highest BCUT2D eigenvalue weighted by Gasteiger charge is 2.06. The van der Waals surface area contributed by atoms with Gasteiger partial charge in [0.05, 0.1) is 13.3 Å². The highest BCUT2D eigenvalue weighted by atomic mass is 35.5. The molecule has 0 saturated heterocycles. The second kappa shape index (κ2) is 6.82. The van der Waals surface area contributed by atoms with Gasteiger partial charge in [0.2, 0.25) is 0 Å². The molecule has 2 aromatic carbocycles. The van der Waals surface area contributed by atoms with Gasteiger partial charge < -0.3 is 15.3 Å². The number of rotatable bonds is 5. The smallest absolute Gasteiger partial charge is 0.162 e. The van der Waals surface area contributed by atoms with Crippen molar-refractivity contribution in [3.63, 3.8) is 0 Å². The number of benzene rings is 2. The van der Waals surface area contributed by atoms with E-state index in [4.69, 9.17) is 26.9 Å². The summed E-state index contributed by atoms with van der Waals surface area (Å²) in [4.78, 5) is 0. The number of nitrogens with zero attached hydrogens (tertiary/aromatic N) is 1. The van der Waals surface area contributed by atoms with Crippen LogP contribution in [0.15, 0.2) is 47.6 Å². The molecule has 104 valence electrons. The van der Waals surface area contributed by atoms with Crippen molar-refractivity contribution < 1.29 is 9.47 Å². The number of ether oxygens (including phenoxy) is 2. The van der Waals surface area contributed by atoms with E-state index in [9.17, 15) is 0 Å². The van der Waals surface area contributed by atoms with E-state index in [-0.39, 0.29) is 0 Å². The van der Waals surface area contributed by atoms with Crippen molar-refractivity contribution in [3.05, 3.63) is 58.6 Å². The van der Waals surface area contributed by atoms with E-state index in [1.807, 2.05) is 42.5 Å². The molecule has 0 aliphatic carbocycles. The summed E-state index contributed by atoms with van der Waals surface area (Å²) in [5, 5.41) is 4.18. The van der Waals surface area contributed by atoms with Crippen LogP contribution in [-0.4, -0.2) is 13.3 Å². The molecule has 0 amide bonds. The normalized spacial score (nSPS) is 10.7. The van der Waals surface area contributed by atoms with E-state index in [0.717, 1.165) is 11.1 Å². The van der Waals surface area contributed by atoms with Gasteiger partial charge in [-0.25, -0.2) is 0 Å². The third-order valence-electron chi connectivity index (χ3n) is 2.69. The number of hydrazone groups is 1. The second-order valence-electron chi connectivity index (χ2n) is 4.11. The average Bonchev–Trinajstić information content (AvgIpc) is 2.46. The Hall–Kier alpha value is -2.20. The van der Waals surface area contributed by atoms with Crippen molar-refractivity contribution in [1.82, 2.24) is 0 Å². The number of hydrogen-bond acceptors (Lipinski definition) is 4. The molecule has 0 aliphatic rings. The number of nitrogens with two attached hydrogens (primary N) is 1. The average molecular weight is 291 g/mol. The molecule has 2 rings (SSSR count). The van der Waals surface area contributed by atoms with Gasteiger partial charge in [-0.3, -0.25) is 0 Å². The topological polar surface area (TPSA) is 56.8 Å². The van der Waals surface area contributed by atoms with E-state index in [2.05, 4.69) is 5.10 Å². The molecule has 0 unspecified atom stereocenters. The lowest BCUT2D eigenvalue weighted by atomic mass is 10.2. The van der Waals surface area contributed by atoms with Gasteiger partial charge in [-0.05, 0) is 41.5 Å². The van der Waals surface area contributed by atoms with Crippen LogP contribution in [0.1, 0.15) is 11.1 Å². The van der Waals surface area contributed by atoms with Crippen LogP contribution in [0.2, 0.25) is 5.02 Å². The molecular weight excluding hydrogens is 276 g/mol. The number of methoxy groups -OCH3 is 1. The maximum absolute atomic E-state index is 5.94. The molecule has 2 N–H and O–H groups in total. The zero-order valence-electron chi connectivity index (χ0n) is 11.0. The zero-order chi connectivity index (χ0) is 14.4. The fourth-order valence-corrected chi connectivity index (χ4v) is 1.97. The van der Waals surface area contributed by atoms with Gasteiger partial charge >= 0.3 is 0 Å². The monoisotopic (exact) mass is 290 g/mol.